The van der Waals surface area contributed by atoms with Crippen molar-refractivity contribution in [2.75, 3.05) is 18.4 Å². The van der Waals surface area contributed by atoms with E-state index in [9.17, 15) is 8.42 Å². The van der Waals surface area contributed by atoms with E-state index in [-0.39, 0.29) is 6.54 Å². The predicted molar refractivity (Wildman–Crippen MR) is 96.6 cm³/mol. The van der Waals surface area contributed by atoms with E-state index < -0.39 is 10.0 Å². The Hall–Kier alpha value is -2.30. The molecule has 0 aliphatic carbocycles. The fraction of sp³-hybridized carbons (Fsp3) is 0.267. The number of thiophene rings is 1. The van der Waals surface area contributed by atoms with E-state index in [4.69, 9.17) is 0 Å². The number of hydrogen-bond donors (Lipinski definition) is 2. The fourth-order valence-corrected chi connectivity index (χ4v) is 4.50. The number of aryl methyl sites for hydroxylation is 2. The molecule has 0 saturated carbocycles. The van der Waals surface area contributed by atoms with Crippen molar-refractivity contribution in [3.63, 3.8) is 0 Å². The first-order chi connectivity index (χ1) is 12.0. The number of tetrazole rings is 1. The van der Waals surface area contributed by atoms with Gasteiger partial charge in [-0.2, -0.15) is 4.68 Å². The number of anilines is 1. The van der Waals surface area contributed by atoms with Crippen molar-refractivity contribution >= 4 is 27.3 Å². The van der Waals surface area contributed by atoms with Crippen molar-refractivity contribution in [3.05, 3.63) is 46.8 Å². The van der Waals surface area contributed by atoms with Gasteiger partial charge < -0.3 is 5.32 Å². The number of nitrogens with one attached hydrogen (secondary N) is 2. The van der Waals surface area contributed by atoms with Crippen LogP contribution in [0.5, 0.6) is 0 Å². The topological polar surface area (TPSA) is 102 Å². The van der Waals surface area contributed by atoms with Gasteiger partial charge in [0, 0.05) is 18.0 Å². The van der Waals surface area contributed by atoms with Gasteiger partial charge in [-0.25, -0.2) is 13.1 Å². The van der Waals surface area contributed by atoms with Gasteiger partial charge in [0.15, 0.2) is 0 Å². The Morgan fingerprint density at radius 1 is 1.08 bits per heavy atom. The van der Waals surface area contributed by atoms with Crippen LogP contribution in [0.25, 0.3) is 5.69 Å². The second-order valence-corrected chi connectivity index (χ2v) is 8.72. The largest absolute Gasteiger partial charge is 0.351 e. The van der Waals surface area contributed by atoms with Gasteiger partial charge in [-0.05, 0) is 48.5 Å². The van der Waals surface area contributed by atoms with Gasteiger partial charge in [0.05, 0.1) is 5.69 Å². The van der Waals surface area contributed by atoms with Crippen LogP contribution in [0.1, 0.15) is 10.4 Å². The van der Waals surface area contributed by atoms with E-state index in [2.05, 4.69) is 25.6 Å². The Morgan fingerprint density at radius 2 is 1.84 bits per heavy atom. The van der Waals surface area contributed by atoms with Crippen molar-refractivity contribution in [3.8, 4) is 5.69 Å². The molecule has 3 aromatic rings. The molecule has 25 heavy (non-hydrogen) atoms. The monoisotopic (exact) mass is 378 g/mol. The van der Waals surface area contributed by atoms with Crippen molar-refractivity contribution < 1.29 is 8.42 Å². The Morgan fingerprint density at radius 3 is 2.52 bits per heavy atom. The summed E-state index contributed by atoms with van der Waals surface area (Å²) in [5, 5.41) is 14.6. The van der Waals surface area contributed by atoms with Gasteiger partial charge in [-0.3, -0.25) is 0 Å². The van der Waals surface area contributed by atoms with Crippen LogP contribution in [-0.4, -0.2) is 41.7 Å². The number of rotatable bonds is 7. The Balaban J connectivity index is 1.58. The maximum Gasteiger partial charge on any atom is 0.250 e. The SMILES string of the molecule is Cc1ccc(-n2nnnc2NCCNS(=O)(=O)c2ccc(C)s2)cc1. The normalized spacial score (nSPS) is 11.6. The minimum atomic E-state index is -3.48. The van der Waals surface area contributed by atoms with Gasteiger partial charge in [0.2, 0.25) is 16.0 Å². The molecule has 0 radical (unpaired) electrons. The molecule has 0 bridgehead atoms. The summed E-state index contributed by atoms with van der Waals surface area (Å²) in [4.78, 5) is 0.954. The summed E-state index contributed by atoms with van der Waals surface area (Å²) in [5.41, 5.74) is 1.97. The molecule has 2 heterocycles. The molecular formula is C15H18N6O2S2. The highest BCUT2D eigenvalue weighted by Gasteiger charge is 2.15. The minimum absolute atomic E-state index is 0.222. The average Bonchev–Trinajstić information content (AvgIpc) is 3.22. The quantitative estimate of drug-likeness (QED) is 0.607. The van der Waals surface area contributed by atoms with E-state index in [1.807, 2.05) is 38.1 Å². The Labute approximate surface area is 149 Å². The molecule has 0 saturated heterocycles. The smallest absolute Gasteiger partial charge is 0.250 e. The Bertz CT molecular complexity index is 947. The lowest BCUT2D eigenvalue weighted by atomic mass is 10.2. The van der Waals surface area contributed by atoms with E-state index in [0.717, 1.165) is 16.1 Å². The molecule has 0 spiro atoms. The molecule has 8 nitrogen and oxygen atoms in total. The summed E-state index contributed by atoms with van der Waals surface area (Å²) in [5.74, 6) is 0.454. The summed E-state index contributed by atoms with van der Waals surface area (Å²) in [6, 6.07) is 11.2. The van der Waals surface area contributed by atoms with E-state index in [0.29, 0.717) is 16.7 Å². The van der Waals surface area contributed by atoms with Gasteiger partial charge in [0.25, 0.3) is 0 Å². The van der Waals surface area contributed by atoms with Crippen molar-refractivity contribution in [2.24, 2.45) is 0 Å². The molecule has 0 fully saturated rings. The fourth-order valence-electron chi connectivity index (χ4n) is 2.14. The predicted octanol–water partition coefficient (Wildman–Crippen LogP) is 1.73. The number of nitrogens with zero attached hydrogens (tertiary/aromatic N) is 4. The molecule has 2 aromatic heterocycles. The van der Waals surface area contributed by atoms with Crippen LogP contribution >= 0.6 is 11.3 Å². The number of aromatic nitrogens is 4. The number of sulfonamides is 1. The zero-order chi connectivity index (χ0) is 17.9. The van der Waals surface area contributed by atoms with Crippen LogP contribution in [0.3, 0.4) is 0 Å². The highest BCUT2D eigenvalue weighted by molar-refractivity contribution is 7.91. The van der Waals surface area contributed by atoms with E-state index in [1.165, 1.54) is 11.3 Å². The molecule has 0 amide bonds. The minimum Gasteiger partial charge on any atom is -0.351 e. The van der Waals surface area contributed by atoms with Crippen molar-refractivity contribution in [1.82, 2.24) is 24.9 Å². The summed E-state index contributed by atoms with van der Waals surface area (Å²) in [6.07, 6.45) is 0. The molecule has 0 aliphatic rings. The third-order valence-corrected chi connectivity index (χ3v) is 6.38. The third kappa shape index (κ3) is 4.21. The second-order valence-electron chi connectivity index (χ2n) is 5.44. The van der Waals surface area contributed by atoms with Crippen LogP contribution < -0.4 is 10.0 Å². The lowest BCUT2D eigenvalue weighted by molar-refractivity contribution is 0.585. The molecule has 2 N–H and O–H groups in total. The van der Waals surface area contributed by atoms with Crippen molar-refractivity contribution in [2.45, 2.75) is 18.1 Å². The van der Waals surface area contributed by atoms with Crippen LogP contribution in [0.2, 0.25) is 0 Å². The van der Waals surface area contributed by atoms with Crippen LogP contribution in [0.15, 0.2) is 40.6 Å². The first-order valence-electron chi connectivity index (χ1n) is 7.61. The van der Waals surface area contributed by atoms with Gasteiger partial charge in [-0.15, -0.1) is 11.3 Å². The highest BCUT2D eigenvalue weighted by atomic mass is 32.2. The van der Waals surface area contributed by atoms with Gasteiger partial charge in [0.1, 0.15) is 4.21 Å². The lowest BCUT2D eigenvalue weighted by Crippen LogP contribution is -2.28. The highest BCUT2D eigenvalue weighted by Crippen LogP contribution is 2.20. The van der Waals surface area contributed by atoms with Crippen LogP contribution in [0.4, 0.5) is 5.95 Å². The summed E-state index contributed by atoms with van der Waals surface area (Å²) in [7, 11) is -3.48. The zero-order valence-electron chi connectivity index (χ0n) is 13.8. The standard InChI is InChI=1S/C15H18N6O2S2/c1-11-3-6-13(7-4-11)21-15(18-19-20-21)16-9-10-17-25(22,23)14-8-5-12(2)24-14/h3-8,17H,9-10H2,1-2H3,(H,16,18,20). The van der Waals surface area contributed by atoms with Crippen molar-refractivity contribution in [1.29, 1.82) is 0 Å². The van der Waals surface area contributed by atoms with E-state index in [1.54, 1.807) is 16.8 Å². The molecule has 0 aliphatic heterocycles. The van der Waals surface area contributed by atoms with E-state index >= 15 is 0 Å². The summed E-state index contributed by atoms with van der Waals surface area (Å²) in [6.45, 7) is 4.45. The maximum absolute atomic E-state index is 12.2. The summed E-state index contributed by atoms with van der Waals surface area (Å²) < 4.78 is 28.7. The zero-order valence-corrected chi connectivity index (χ0v) is 15.4. The first-order valence-corrected chi connectivity index (χ1v) is 9.91. The molecule has 132 valence electrons. The molecule has 0 unspecified atom stereocenters. The molecular weight excluding hydrogens is 360 g/mol. The third-order valence-electron chi connectivity index (χ3n) is 3.43. The number of hydrogen-bond acceptors (Lipinski definition) is 7. The molecule has 10 heteroatoms. The van der Waals surface area contributed by atoms with Crippen LogP contribution in [-0.2, 0) is 10.0 Å². The number of benzene rings is 1. The lowest BCUT2D eigenvalue weighted by Gasteiger charge is -2.08. The molecule has 3 rings (SSSR count). The first kappa shape index (κ1) is 17.5. The Kier molecular flexibility index (Phi) is 5.11. The second kappa shape index (κ2) is 7.30. The summed E-state index contributed by atoms with van der Waals surface area (Å²) >= 11 is 1.24. The molecule has 1 aromatic carbocycles. The van der Waals surface area contributed by atoms with Gasteiger partial charge >= 0.3 is 0 Å². The molecule has 0 atom stereocenters. The average molecular weight is 378 g/mol. The maximum atomic E-state index is 12.2. The van der Waals surface area contributed by atoms with Gasteiger partial charge in [-0.1, -0.05) is 22.8 Å². The van der Waals surface area contributed by atoms with Crippen LogP contribution in [0, 0.1) is 13.8 Å².